The second-order valence-electron chi connectivity index (χ2n) is 9.24. The summed E-state index contributed by atoms with van der Waals surface area (Å²) in [7, 11) is 0. The number of alkyl halides is 2. The first-order valence-corrected chi connectivity index (χ1v) is 12.7. The summed E-state index contributed by atoms with van der Waals surface area (Å²) in [5.41, 5.74) is 4.38. The summed E-state index contributed by atoms with van der Waals surface area (Å²) in [5.74, 6) is -3.26. The molecule has 1 fully saturated rings. The lowest BCUT2D eigenvalue weighted by atomic mass is 9.54. The zero-order valence-electron chi connectivity index (χ0n) is 18.5. The minimum Gasteiger partial charge on any atom is -0.324 e. The van der Waals surface area contributed by atoms with Gasteiger partial charge in [-0.25, -0.2) is 0 Å². The number of benzene rings is 3. The molecule has 176 valence electrons. The minimum absolute atomic E-state index is 0.410. The van der Waals surface area contributed by atoms with Crippen LogP contribution in [0.3, 0.4) is 0 Å². The number of anilines is 1. The monoisotopic (exact) mass is 568 g/mol. The van der Waals surface area contributed by atoms with Crippen LogP contribution in [-0.2, 0) is 24.1 Å². The largest absolute Gasteiger partial charge is 0.324 e. The van der Waals surface area contributed by atoms with Crippen LogP contribution >= 0.6 is 39.1 Å². The van der Waals surface area contributed by atoms with Gasteiger partial charge in [0.25, 0.3) is 0 Å². The van der Waals surface area contributed by atoms with E-state index in [0.717, 1.165) is 37.2 Å². The first-order chi connectivity index (χ1) is 16.7. The van der Waals surface area contributed by atoms with Crippen molar-refractivity contribution in [1.82, 2.24) is 4.90 Å². The summed E-state index contributed by atoms with van der Waals surface area (Å²) in [4.78, 5) is 39.0. The van der Waals surface area contributed by atoms with Crippen molar-refractivity contribution in [1.29, 1.82) is 0 Å². The molecule has 8 heteroatoms. The van der Waals surface area contributed by atoms with E-state index in [-0.39, 0.29) is 0 Å². The molecule has 0 saturated carbocycles. The Bertz CT molecular complexity index is 1330. The minimum atomic E-state index is -1.26. The highest BCUT2D eigenvalue weighted by atomic mass is 79.9. The Morgan fingerprint density at radius 1 is 0.886 bits per heavy atom. The Kier molecular flexibility index (Phi) is 4.99. The maximum absolute atomic E-state index is 13.8. The van der Waals surface area contributed by atoms with Crippen molar-refractivity contribution in [2.45, 2.75) is 16.7 Å². The van der Waals surface area contributed by atoms with Gasteiger partial charge in [-0.15, -0.1) is 23.2 Å². The molecule has 3 amide bonds. The molecule has 0 aromatic heterocycles. The topological polar surface area (TPSA) is 66.5 Å². The van der Waals surface area contributed by atoms with Gasteiger partial charge in [-0.05, 0) is 52.9 Å². The van der Waals surface area contributed by atoms with E-state index in [1.807, 2.05) is 67.6 Å². The maximum atomic E-state index is 13.8. The van der Waals surface area contributed by atoms with Crippen molar-refractivity contribution in [3.63, 3.8) is 0 Å². The van der Waals surface area contributed by atoms with Gasteiger partial charge < -0.3 is 5.32 Å². The number of nitrogens with one attached hydrogen (secondary N) is 1. The van der Waals surface area contributed by atoms with Crippen molar-refractivity contribution in [3.05, 3.63) is 99.0 Å². The third-order valence-electron chi connectivity index (χ3n) is 7.44. The quantitative estimate of drug-likeness (QED) is 0.344. The fourth-order valence-electron chi connectivity index (χ4n) is 5.98. The molecule has 0 radical (unpaired) electrons. The van der Waals surface area contributed by atoms with Crippen molar-refractivity contribution in [3.8, 4) is 0 Å². The molecule has 0 unspecified atom stereocenters. The molecule has 2 atom stereocenters. The molecule has 1 N–H and O–H groups in total. The molecule has 1 heterocycles. The fraction of sp³-hybridized carbons (Fsp3) is 0.222. The van der Waals surface area contributed by atoms with Crippen LogP contribution < -0.4 is 5.32 Å². The molecule has 3 aromatic rings. The number of hydrogen-bond acceptors (Lipinski definition) is 3. The summed E-state index contributed by atoms with van der Waals surface area (Å²) in [6.45, 7) is 1.45. The smallest absolute Gasteiger partial charge is 0.244 e. The SMILES string of the molecule is Cc1cc(Br)ccc1NC(=O)CN1C(=O)[C@@H]2[C@H](C1=O)C1(Cl)c3ccccc3C2(Cl)c2ccccc21. The molecule has 1 saturated heterocycles. The molecule has 4 aliphatic rings. The Balaban J connectivity index is 1.41. The number of imide groups is 1. The highest BCUT2D eigenvalue weighted by molar-refractivity contribution is 9.10. The molecule has 5 nitrogen and oxygen atoms in total. The number of likely N-dealkylation sites (tertiary alicyclic amines) is 1. The first kappa shape index (κ1) is 22.8. The third-order valence-corrected chi connectivity index (χ3v) is 9.22. The molecule has 3 aromatic carbocycles. The van der Waals surface area contributed by atoms with Crippen LogP contribution in [0.25, 0.3) is 0 Å². The van der Waals surface area contributed by atoms with E-state index >= 15 is 0 Å². The number of nitrogens with zero attached hydrogens (tertiary/aromatic N) is 1. The summed E-state index contributed by atoms with van der Waals surface area (Å²) < 4.78 is 0.886. The van der Waals surface area contributed by atoms with E-state index in [9.17, 15) is 14.4 Å². The average molecular weight is 570 g/mol. The van der Waals surface area contributed by atoms with Crippen molar-refractivity contribution in [2.75, 3.05) is 11.9 Å². The Morgan fingerprint density at radius 3 is 1.77 bits per heavy atom. The predicted octanol–water partition coefficient (Wildman–Crippen LogP) is 5.29. The lowest BCUT2D eigenvalue weighted by Crippen LogP contribution is -2.57. The van der Waals surface area contributed by atoms with Crippen molar-refractivity contribution >= 4 is 62.5 Å². The highest BCUT2D eigenvalue weighted by Gasteiger charge is 2.73. The second kappa shape index (κ2) is 7.66. The standard InChI is InChI=1S/C27H19BrCl2N2O3/c1-14-12-15(28)10-11-20(14)31-21(33)13-32-24(34)22-23(25(32)35)27(30)17-7-3-2-6-16(17)26(22,29)18-8-4-5-9-19(18)27/h2-12,22-23H,13H2,1H3,(H,31,33)/t22-,23+,26?,27?. The maximum Gasteiger partial charge on any atom is 0.244 e. The summed E-state index contributed by atoms with van der Waals surface area (Å²) in [6, 6.07) is 20.3. The Morgan fingerprint density at radius 2 is 1.34 bits per heavy atom. The van der Waals surface area contributed by atoms with Gasteiger partial charge in [-0.1, -0.05) is 64.5 Å². The van der Waals surface area contributed by atoms with Crippen LogP contribution in [0.1, 0.15) is 27.8 Å². The average Bonchev–Trinajstić information content (AvgIpc) is 3.10. The Hall–Kier alpha value is -2.67. The molecule has 1 aliphatic heterocycles. The van der Waals surface area contributed by atoms with E-state index in [1.54, 1.807) is 6.07 Å². The van der Waals surface area contributed by atoms with E-state index in [2.05, 4.69) is 21.2 Å². The summed E-state index contributed by atoms with van der Waals surface area (Å²) in [5, 5.41) is 2.81. The van der Waals surface area contributed by atoms with Gasteiger partial charge in [0.1, 0.15) is 16.3 Å². The number of aryl methyl sites for hydroxylation is 1. The van der Waals surface area contributed by atoms with Gasteiger partial charge in [-0.3, -0.25) is 19.3 Å². The molecular weight excluding hydrogens is 551 g/mol. The first-order valence-electron chi connectivity index (χ1n) is 11.2. The third kappa shape index (κ3) is 2.90. The normalized spacial score (nSPS) is 27.9. The van der Waals surface area contributed by atoms with Crippen LogP contribution in [-0.4, -0.2) is 29.2 Å². The molecule has 35 heavy (non-hydrogen) atoms. The summed E-state index contributed by atoms with van der Waals surface area (Å²) >= 11 is 18.2. The molecule has 2 bridgehead atoms. The van der Waals surface area contributed by atoms with Gasteiger partial charge >= 0.3 is 0 Å². The van der Waals surface area contributed by atoms with E-state index in [0.29, 0.717) is 5.69 Å². The lowest BCUT2D eigenvalue weighted by Gasteiger charge is -2.54. The number of halogens is 3. The summed E-state index contributed by atoms with van der Waals surface area (Å²) in [6.07, 6.45) is 0. The van der Waals surface area contributed by atoms with E-state index in [1.165, 1.54) is 0 Å². The van der Waals surface area contributed by atoms with E-state index in [4.69, 9.17) is 23.2 Å². The van der Waals surface area contributed by atoms with Crippen LogP contribution in [0, 0.1) is 18.8 Å². The van der Waals surface area contributed by atoms with Crippen LogP contribution in [0.4, 0.5) is 5.69 Å². The van der Waals surface area contributed by atoms with Crippen molar-refractivity contribution in [2.24, 2.45) is 11.8 Å². The van der Waals surface area contributed by atoms with E-state index < -0.39 is 45.9 Å². The number of rotatable bonds is 3. The van der Waals surface area contributed by atoms with Crippen LogP contribution in [0.2, 0.25) is 0 Å². The zero-order valence-corrected chi connectivity index (χ0v) is 21.6. The number of carbonyl (C=O) groups is 3. The molecular formula is C27H19BrCl2N2O3. The zero-order chi connectivity index (χ0) is 24.7. The second-order valence-corrected chi connectivity index (χ2v) is 11.3. The molecule has 0 spiro atoms. The van der Waals surface area contributed by atoms with Gasteiger partial charge in [-0.2, -0.15) is 0 Å². The highest BCUT2D eigenvalue weighted by Crippen LogP contribution is 2.69. The predicted molar refractivity (Wildman–Crippen MR) is 137 cm³/mol. The number of amides is 3. The van der Waals surface area contributed by atoms with Gasteiger partial charge in [0.15, 0.2) is 0 Å². The van der Waals surface area contributed by atoms with Gasteiger partial charge in [0.05, 0.1) is 11.8 Å². The van der Waals surface area contributed by atoms with Crippen molar-refractivity contribution < 1.29 is 14.4 Å². The Labute approximate surface area is 220 Å². The molecule has 3 aliphatic carbocycles. The number of hydrogen-bond donors (Lipinski definition) is 1. The fourth-order valence-corrected chi connectivity index (χ4v) is 7.55. The van der Waals surface area contributed by atoms with Gasteiger partial charge in [0.2, 0.25) is 17.7 Å². The van der Waals surface area contributed by atoms with Crippen LogP contribution in [0.15, 0.2) is 71.2 Å². The number of carbonyl (C=O) groups excluding carboxylic acids is 3. The lowest BCUT2D eigenvalue weighted by molar-refractivity contribution is -0.142. The van der Waals surface area contributed by atoms with Crippen LogP contribution in [0.5, 0.6) is 0 Å². The molecule has 7 rings (SSSR count). The van der Waals surface area contributed by atoms with Gasteiger partial charge in [0, 0.05) is 10.2 Å².